The lowest BCUT2D eigenvalue weighted by molar-refractivity contribution is 0.185. The summed E-state index contributed by atoms with van der Waals surface area (Å²) in [4.78, 5) is 10.8. The smallest absolute Gasteiger partial charge is 0.148 e. The standard InChI is InChI=1S/C10H18N4/c1-10(2,14(3)4)9-12-6-5-8(7-11)13-9/h5-6H,7,11H2,1-4H3. The Labute approximate surface area is 85.2 Å². The second-order valence-corrected chi connectivity index (χ2v) is 4.03. The van der Waals surface area contributed by atoms with Crippen molar-refractivity contribution in [3.05, 3.63) is 23.8 Å². The number of aromatic nitrogens is 2. The predicted octanol–water partition coefficient (Wildman–Crippen LogP) is 0.732. The Hall–Kier alpha value is -1.00. The van der Waals surface area contributed by atoms with Crippen LogP contribution in [0.1, 0.15) is 25.4 Å². The minimum Gasteiger partial charge on any atom is -0.325 e. The van der Waals surface area contributed by atoms with Gasteiger partial charge in [-0.05, 0) is 34.0 Å². The number of nitrogens with two attached hydrogens (primary N) is 1. The minimum absolute atomic E-state index is 0.162. The van der Waals surface area contributed by atoms with Gasteiger partial charge in [0.1, 0.15) is 5.82 Å². The fourth-order valence-corrected chi connectivity index (χ4v) is 1.00. The fourth-order valence-electron chi connectivity index (χ4n) is 1.00. The number of rotatable bonds is 3. The zero-order valence-electron chi connectivity index (χ0n) is 9.28. The van der Waals surface area contributed by atoms with E-state index in [2.05, 4.69) is 28.7 Å². The molecular weight excluding hydrogens is 176 g/mol. The van der Waals surface area contributed by atoms with Crippen LogP contribution in [0, 0.1) is 0 Å². The summed E-state index contributed by atoms with van der Waals surface area (Å²) in [6, 6.07) is 1.84. The second kappa shape index (κ2) is 4.02. The average molecular weight is 194 g/mol. The molecule has 1 heterocycles. The van der Waals surface area contributed by atoms with Crippen LogP contribution in [0.25, 0.3) is 0 Å². The number of nitrogens with zero attached hydrogens (tertiary/aromatic N) is 3. The van der Waals surface area contributed by atoms with Gasteiger partial charge in [-0.1, -0.05) is 0 Å². The molecule has 14 heavy (non-hydrogen) atoms. The normalized spacial score (nSPS) is 12.1. The maximum atomic E-state index is 5.53. The highest BCUT2D eigenvalue weighted by Gasteiger charge is 2.26. The topological polar surface area (TPSA) is 55.0 Å². The lowest BCUT2D eigenvalue weighted by Gasteiger charge is -2.30. The molecule has 0 spiro atoms. The Morgan fingerprint density at radius 1 is 1.43 bits per heavy atom. The summed E-state index contributed by atoms with van der Waals surface area (Å²) in [5.74, 6) is 0.811. The molecule has 0 saturated carbocycles. The zero-order chi connectivity index (χ0) is 10.8. The molecule has 0 fully saturated rings. The molecule has 1 aromatic heterocycles. The molecule has 1 aromatic rings. The lowest BCUT2D eigenvalue weighted by atomic mass is 10.0. The molecule has 2 N–H and O–H groups in total. The van der Waals surface area contributed by atoms with E-state index in [4.69, 9.17) is 5.73 Å². The average Bonchev–Trinajstić information content (AvgIpc) is 2.17. The molecule has 0 aliphatic heterocycles. The van der Waals surface area contributed by atoms with Crippen molar-refractivity contribution in [2.24, 2.45) is 5.73 Å². The highest BCUT2D eigenvalue weighted by atomic mass is 15.2. The largest absolute Gasteiger partial charge is 0.325 e. The van der Waals surface area contributed by atoms with Crippen LogP contribution < -0.4 is 5.73 Å². The van der Waals surface area contributed by atoms with Gasteiger partial charge in [-0.2, -0.15) is 0 Å². The van der Waals surface area contributed by atoms with Crippen LogP contribution in [0.15, 0.2) is 12.3 Å². The first-order valence-corrected chi connectivity index (χ1v) is 4.68. The van der Waals surface area contributed by atoms with E-state index in [1.165, 1.54) is 0 Å². The van der Waals surface area contributed by atoms with Gasteiger partial charge in [-0.25, -0.2) is 9.97 Å². The van der Waals surface area contributed by atoms with Crippen LogP contribution in [-0.4, -0.2) is 29.0 Å². The van der Waals surface area contributed by atoms with Gasteiger partial charge in [0, 0.05) is 12.7 Å². The number of hydrogen-bond acceptors (Lipinski definition) is 4. The molecule has 1 rings (SSSR count). The first kappa shape index (κ1) is 11.1. The Morgan fingerprint density at radius 3 is 2.57 bits per heavy atom. The molecule has 0 unspecified atom stereocenters. The van der Waals surface area contributed by atoms with Gasteiger partial charge in [0.2, 0.25) is 0 Å². The van der Waals surface area contributed by atoms with E-state index < -0.39 is 0 Å². The SMILES string of the molecule is CN(C)C(C)(C)c1nccc(CN)n1. The van der Waals surface area contributed by atoms with Crippen molar-refractivity contribution in [1.29, 1.82) is 0 Å². The monoisotopic (exact) mass is 194 g/mol. The highest BCUT2D eigenvalue weighted by molar-refractivity contribution is 5.08. The van der Waals surface area contributed by atoms with E-state index in [9.17, 15) is 0 Å². The molecule has 4 nitrogen and oxygen atoms in total. The van der Waals surface area contributed by atoms with Crippen molar-refractivity contribution in [3.8, 4) is 0 Å². The van der Waals surface area contributed by atoms with Gasteiger partial charge in [-0.15, -0.1) is 0 Å². The van der Waals surface area contributed by atoms with E-state index in [0.717, 1.165) is 11.5 Å². The van der Waals surface area contributed by atoms with Crippen molar-refractivity contribution in [1.82, 2.24) is 14.9 Å². The van der Waals surface area contributed by atoms with Gasteiger partial charge in [-0.3, -0.25) is 4.90 Å². The summed E-state index contributed by atoms with van der Waals surface area (Å²) in [7, 11) is 4.02. The van der Waals surface area contributed by atoms with E-state index in [1.54, 1.807) is 6.20 Å². The van der Waals surface area contributed by atoms with Crippen LogP contribution in [0.3, 0.4) is 0 Å². The van der Waals surface area contributed by atoms with Crippen molar-refractivity contribution in [3.63, 3.8) is 0 Å². The second-order valence-electron chi connectivity index (χ2n) is 4.03. The van der Waals surface area contributed by atoms with E-state index in [-0.39, 0.29) is 5.54 Å². The van der Waals surface area contributed by atoms with Crippen molar-refractivity contribution in [2.45, 2.75) is 25.9 Å². The quantitative estimate of drug-likeness (QED) is 0.770. The third-order valence-electron chi connectivity index (χ3n) is 2.59. The van der Waals surface area contributed by atoms with Crippen LogP contribution >= 0.6 is 0 Å². The van der Waals surface area contributed by atoms with E-state index in [0.29, 0.717) is 6.54 Å². The summed E-state index contributed by atoms with van der Waals surface area (Å²) in [6.07, 6.45) is 1.76. The first-order valence-electron chi connectivity index (χ1n) is 4.68. The molecule has 0 aromatic carbocycles. The van der Waals surface area contributed by atoms with Gasteiger partial charge in [0.15, 0.2) is 0 Å². The highest BCUT2D eigenvalue weighted by Crippen LogP contribution is 2.21. The molecular formula is C10H18N4. The Bertz CT molecular complexity index is 307. The van der Waals surface area contributed by atoms with Crippen molar-refractivity contribution >= 4 is 0 Å². The summed E-state index contributed by atoms with van der Waals surface area (Å²) in [5.41, 5.74) is 6.25. The van der Waals surface area contributed by atoms with Gasteiger partial charge in [0.25, 0.3) is 0 Å². The van der Waals surface area contributed by atoms with Crippen LogP contribution in [0.5, 0.6) is 0 Å². The van der Waals surface area contributed by atoms with E-state index in [1.807, 2.05) is 20.2 Å². The van der Waals surface area contributed by atoms with Gasteiger partial charge >= 0.3 is 0 Å². The molecule has 4 heteroatoms. The Balaban J connectivity index is 3.06. The first-order chi connectivity index (χ1) is 6.48. The molecule has 0 amide bonds. The summed E-state index contributed by atoms with van der Waals surface area (Å²) in [6.45, 7) is 4.63. The molecule has 0 bridgehead atoms. The summed E-state index contributed by atoms with van der Waals surface area (Å²) < 4.78 is 0. The van der Waals surface area contributed by atoms with Gasteiger partial charge in [0.05, 0.1) is 11.2 Å². The molecule has 0 aliphatic rings. The third kappa shape index (κ3) is 2.08. The molecule has 0 atom stereocenters. The molecule has 0 saturated heterocycles. The maximum Gasteiger partial charge on any atom is 0.148 e. The van der Waals surface area contributed by atoms with Crippen LogP contribution in [0.2, 0.25) is 0 Å². The number of hydrogen-bond donors (Lipinski definition) is 1. The summed E-state index contributed by atoms with van der Waals surface area (Å²) in [5, 5.41) is 0. The summed E-state index contributed by atoms with van der Waals surface area (Å²) >= 11 is 0. The Kier molecular flexibility index (Phi) is 3.18. The van der Waals surface area contributed by atoms with E-state index >= 15 is 0 Å². The predicted molar refractivity (Wildman–Crippen MR) is 56.6 cm³/mol. The van der Waals surface area contributed by atoms with Crippen LogP contribution in [0.4, 0.5) is 0 Å². The van der Waals surface area contributed by atoms with Crippen LogP contribution in [-0.2, 0) is 12.1 Å². The maximum absolute atomic E-state index is 5.53. The Morgan fingerprint density at radius 2 is 2.07 bits per heavy atom. The molecule has 0 aliphatic carbocycles. The van der Waals surface area contributed by atoms with Crippen molar-refractivity contribution in [2.75, 3.05) is 14.1 Å². The zero-order valence-corrected chi connectivity index (χ0v) is 9.28. The molecule has 78 valence electrons. The third-order valence-corrected chi connectivity index (χ3v) is 2.59. The van der Waals surface area contributed by atoms with Gasteiger partial charge < -0.3 is 5.73 Å². The fraction of sp³-hybridized carbons (Fsp3) is 0.600. The van der Waals surface area contributed by atoms with Crippen molar-refractivity contribution < 1.29 is 0 Å². The minimum atomic E-state index is -0.162. The lowest BCUT2D eigenvalue weighted by Crippen LogP contribution is -2.37. The molecule has 0 radical (unpaired) electrons.